The molecule has 1 atom stereocenters. The van der Waals surface area contributed by atoms with Crippen molar-refractivity contribution >= 4 is 5.71 Å². The van der Waals surface area contributed by atoms with Crippen LogP contribution in [0.1, 0.15) is 36.1 Å². The maximum absolute atomic E-state index is 6.22. The lowest BCUT2D eigenvalue weighted by molar-refractivity contribution is 0.134. The Morgan fingerprint density at radius 3 is 2.72 bits per heavy atom. The highest BCUT2D eigenvalue weighted by Crippen LogP contribution is 2.46. The Hall–Kier alpha value is -2.33. The number of ether oxygens (including phenoxy) is 2. The summed E-state index contributed by atoms with van der Waals surface area (Å²) in [5, 5.41) is 0. The third-order valence-corrected chi connectivity index (χ3v) is 4.95. The molecule has 2 aromatic rings. The first-order chi connectivity index (χ1) is 12.0. The lowest BCUT2D eigenvalue weighted by Gasteiger charge is -2.25. The van der Waals surface area contributed by atoms with Crippen molar-refractivity contribution in [3.05, 3.63) is 58.7 Å². The topological polar surface area (TPSA) is 56.8 Å². The third kappa shape index (κ3) is 2.71. The highest BCUT2D eigenvalue weighted by atomic mass is 16.5. The van der Waals surface area contributed by atoms with Gasteiger partial charge in [0.2, 0.25) is 0 Å². The van der Waals surface area contributed by atoms with E-state index in [0.717, 1.165) is 35.6 Å². The monoisotopic (exact) mass is 336 g/mol. The number of aliphatic imine (C=N–C) groups is 1. The molecule has 2 N–H and O–H groups in total. The van der Waals surface area contributed by atoms with E-state index in [1.165, 1.54) is 16.7 Å². The normalized spacial score (nSPS) is 20.3. The first-order valence-electron chi connectivity index (χ1n) is 8.78. The van der Waals surface area contributed by atoms with Crippen LogP contribution >= 0.6 is 0 Å². The average molecular weight is 336 g/mol. The molecule has 2 aromatic carbocycles. The standard InChI is InChI=1S/C21H24N2O2/c1-21(2)11-16-18-14(10-17(24-3)20(16)25-21)9-15(12-22)23-19(18)13-7-5-4-6-8-13/h4-8,10,15H,9,11-12,22H2,1-3H3. The Morgan fingerprint density at radius 1 is 1.28 bits per heavy atom. The molecule has 0 saturated heterocycles. The van der Waals surface area contributed by atoms with Crippen LogP contribution in [0, 0.1) is 0 Å². The van der Waals surface area contributed by atoms with E-state index in [9.17, 15) is 0 Å². The van der Waals surface area contributed by atoms with Crippen LogP contribution in [0.15, 0.2) is 41.4 Å². The Bertz CT molecular complexity index is 841. The van der Waals surface area contributed by atoms with E-state index in [2.05, 4.69) is 32.0 Å². The van der Waals surface area contributed by atoms with Crippen molar-refractivity contribution in [2.45, 2.75) is 38.3 Å². The Labute approximate surface area is 148 Å². The molecule has 0 saturated carbocycles. The summed E-state index contributed by atoms with van der Waals surface area (Å²) in [5.41, 5.74) is 11.5. The molecule has 130 valence electrons. The van der Waals surface area contributed by atoms with Crippen molar-refractivity contribution in [1.29, 1.82) is 0 Å². The molecule has 0 fully saturated rings. The summed E-state index contributed by atoms with van der Waals surface area (Å²) in [4.78, 5) is 4.99. The van der Waals surface area contributed by atoms with Gasteiger partial charge >= 0.3 is 0 Å². The molecule has 1 unspecified atom stereocenters. The van der Waals surface area contributed by atoms with Crippen molar-refractivity contribution < 1.29 is 9.47 Å². The molecule has 2 heterocycles. The maximum atomic E-state index is 6.22. The number of hydrogen-bond acceptors (Lipinski definition) is 4. The number of nitrogens with zero attached hydrogens (tertiary/aromatic N) is 1. The zero-order valence-corrected chi connectivity index (χ0v) is 15.0. The molecule has 2 aliphatic rings. The number of benzene rings is 2. The second-order valence-corrected chi connectivity index (χ2v) is 7.40. The molecule has 4 heteroatoms. The van der Waals surface area contributed by atoms with Gasteiger partial charge < -0.3 is 15.2 Å². The molecule has 4 nitrogen and oxygen atoms in total. The van der Waals surface area contributed by atoms with E-state index in [0.29, 0.717) is 6.54 Å². The van der Waals surface area contributed by atoms with Crippen molar-refractivity contribution in [3.8, 4) is 11.5 Å². The van der Waals surface area contributed by atoms with Crippen LogP contribution in [0.3, 0.4) is 0 Å². The smallest absolute Gasteiger partial charge is 0.166 e. The minimum atomic E-state index is -0.239. The first kappa shape index (κ1) is 16.2. The second kappa shape index (κ2) is 5.88. The molecule has 0 amide bonds. The zero-order valence-electron chi connectivity index (χ0n) is 15.0. The van der Waals surface area contributed by atoms with E-state index >= 15 is 0 Å². The van der Waals surface area contributed by atoms with E-state index in [-0.39, 0.29) is 11.6 Å². The Morgan fingerprint density at radius 2 is 2.04 bits per heavy atom. The first-order valence-corrected chi connectivity index (χ1v) is 8.78. The lowest BCUT2D eigenvalue weighted by Crippen LogP contribution is -2.29. The second-order valence-electron chi connectivity index (χ2n) is 7.40. The quantitative estimate of drug-likeness (QED) is 0.937. The minimum Gasteiger partial charge on any atom is -0.493 e. The van der Waals surface area contributed by atoms with Gasteiger partial charge in [-0.25, -0.2) is 0 Å². The zero-order chi connectivity index (χ0) is 17.6. The summed E-state index contributed by atoms with van der Waals surface area (Å²) >= 11 is 0. The molecule has 0 aromatic heterocycles. The SMILES string of the molecule is COc1cc2c(c3c1OC(C)(C)C3)C(c1ccccc1)=NC(CN)C2. The molecule has 0 bridgehead atoms. The fourth-order valence-electron chi connectivity index (χ4n) is 3.88. The van der Waals surface area contributed by atoms with Gasteiger partial charge in [-0.15, -0.1) is 0 Å². The molecule has 2 aliphatic heterocycles. The number of methoxy groups -OCH3 is 1. The van der Waals surface area contributed by atoms with Crippen LogP contribution in [-0.4, -0.2) is 31.0 Å². The Balaban J connectivity index is 1.96. The van der Waals surface area contributed by atoms with Crippen LogP contribution < -0.4 is 15.2 Å². The van der Waals surface area contributed by atoms with Crippen LogP contribution in [0.5, 0.6) is 11.5 Å². The van der Waals surface area contributed by atoms with Gasteiger partial charge in [0.25, 0.3) is 0 Å². The van der Waals surface area contributed by atoms with Crippen LogP contribution in [-0.2, 0) is 12.8 Å². The molecule has 0 radical (unpaired) electrons. The number of nitrogens with two attached hydrogens (primary N) is 1. The fraction of sp³-hybridized carbons (Fsp3) is 0.381. The molecular formula is C21H24N2O2. The van der Waals surface area contributed by atoms with Crippen molar-refractivity contribution in [2.75, 3.05) is 13.7 Å². The van der Waals surface area contributed by atoms with E-state index in [1.54, 1.807) is 7.11 Å². The van der Waals surface area contributed by atoms with Crippen molar-refractivity contribution in [1.82, 2.24) is 0 Å². The van der Waals surface area contributed by atoms with E-state index in [1.807, 2.05) is 18.2 Å². The van der Waals surface area contributed by atoms with Crippen LogP contribution in [0.2, 0.25) is 0 Å². The lowest BCUT2D eigenvalue weighted by atomic mass is 9.84. The summed E-state index contributed by atoms with van der Waals surface area (Å²) in [7, 11) is 1.70. The van der Waals surface area contributed by atoms with Gasteiger partial charge in [0.15, 0.2) is 11.5 Å². The summed E-state index contributed by atoms with van der Waals surface area (Å²) in [6.07, 6.45) is 1.69. The molecule has 0 aliphatic carbocycles. The van der Waals surface area contributed by atoms with Gasteiger partial charge in [0, 0.05) is 29.7 Å². The molecule has 0 spiro atoms. The highest BCUT2D eigenvalue weighted by Gasteiger charge is 2.38. The summed E-state index contributed by atoms with van der Waals surface area (Å²) in [5.74, 6) is 1.67. The highest BCUT2D eigenvalue weighted by molar-refractivity contribution is 6.16. The maximum Gasteiger partial charge on any atom is 0.166 e. The molecule has 4 rings (SSSR count). The summed E-state index contributed by atoms with van der Waals surface area (Å²) in [6.45, 7) is 4.77. The predicted molar refractivity (Wildman–Crippen MR) is 100 cm³/mol. The molecular weight excluding hydrogens is 312 g/mol. The molecule has 25 heavy (non-hydrogen) atoms. The van der Waals surface area contributed by atoms with Crippen LogP contribution in [0.4, 0.5) is 0 Å². The summed E-state index contributed by atoms with van der Waals surface area (Å²) in [6, 6.07) is 12.6. The summed E-state index contributed by atoms with van der Waals surface area (Å²) < 4.78 is 11.8. The third-order valence-electron chi connectivity index (χ3n) is 4.95. The van der Waals surface area contributed by atoms with Gasteiger partial charge in [-0.1, -0.05) is 30.3 Å². The average Bonchev–Trinajstić information content (AvgIpc) is 2.95. The van der Waals surface area contributed by atoms with Crippen molar-refractivity contribution in [3.63, 3.8) is 0 Å². The van der Waals surface area contributed by atoms with Crippen LogP contribution in [0.25, 0.3) is 0 Å². The number of hydrogen-bond donors (Lipinski definition) is 1. The van der Waals surface area contributed by atoms with E-state index in [4.69, 9.17) is 20.2 Å². The largest absolute Gasteiger partial charge is 0.493 e. The van der Waals surface area contributed by atoms with Gasteiger partial charge in [0.1, 0.15) is 5.60 Å². The van der Waals surface area contributed by atoms with Gasteiger partial charge in [-0.05, 0) is 31.9 Å². The van der Waals surface area contributed by atoms with Gasteiger partial charge in [-0.2, -0.15) is 0 Å². The predicted octanol–water partition coefficient (Wildman–Crippen LogP) is 3.13. The van der Waals surface area contributed by atoms with Crippen molar-refractivity contribution in [2.24, 2.45) is 10.7 Å². The fourth-order valence-corrected chi connectivity index (χ4v) is 3.88. The Kier molecular flexibility index (Phi) is 3.80. The minimum absolute atomic E-state index is 0.0980. The van der Waals surface area contributed by atoms with E-state index < -0.39 is 0 Å². The number of fused-ring (bicyclic) bond motifs is 3. The van der Waals surface area contributed by atoms with Gasteiger partial charge in [-0.3, -0.25) is 4.99 Å². The number of rotatable bonds is 3. The van der Waals surface area contributed by atoms with Gasteiger partial charge in [0.05, 0.1) is 18.9 Å².